The van der Waals surface area contributed by atoms with Crippen LogP contribution in [0.15, 0.2) is 0 Å². The molecule has 28 heavy (non-hydrogen) atoms. The van der Waals surface area contributed by atoms with Crippen LogP contribution in [-0.4, -0.2) is 56.7 Å². The molecule has 0 radical (unpaired) electrons. The molecule has 8 heteroatoms. The van der Waals surface area contributed by atoms with Gasteiger partial charge in [0, 0.05) is 5.92 Å². The zero-order valence-electron chi connectivity index (χ0n) is 17.5. The van der Waals surface area contributed by atoms with Gasteiger partial charge in [0.1, 0.15) is 17.3 Å². The zero-order valence-corrected chi connectivity index (χ0v) is 17.5. The summed E-state index contributed by atoms with van der Waals surface area (Å²) in [6.45, 7) is 11.6. The van der Waals surface area contributed by atoms with Crippen molar-refractivity contribution in [3.05, 3.63) is 0 Å². The van der Waals surface area contributed by atoms with Crippen LogP contribution in [0.25, 0.3) is 0 Å². The van der Waals surface area contributed by atoms with E-state index in [0.717, 1.165) is 6.42 Å². The van der Waals surface area contributed by atoms with Crippen molar-refractivity contribution < 1.29 is 39.9 Å². The molecular weight excluding hydrogens is 368 g/mol. The van der Waals surface area contributed by atoms with E-state index in [4.69, 9.17) is 24.4 Å². The van der Waals surface area contributed by atoms with Crippen molar-refractivity contribution in [2.45, 2.75) is 102 Å². The molecule has 0 aromatic rings. The van der Waals surface area contributed by atoms with E-state index in [1.807, 2.05) is 20.8 Å². The monoisotopic (exact) mass is 402 g/mol. The molecule has 1 heterocycles. The highest BCUT2D eigenvalue weighted by molar-refractivity contribution is 5.13. The maximum Gasteiger partial charge on any atom is 0.158 e. The largest absolute Gasteiger partial charge is 0.390 e. The number of aliphatic hydroxyl groups is 2. The minimum absolute atomic E-state index is 0.0533. The van der Waals surface area contributed by atoms with E-state index in [1.165, 1.54) is 0 Å². The maximum absolute atomic E-state index is 10.7. The predicted octanol–water partition coefficient (Wildman–Crippen LogP) is 2.23. The molecule has 5 rings (SSSR count). The summed E-state index contributed by atoms with van der Waals surface area (Å²) in [5, 5.41) is 31.0. The molecule has 2 bridgehead atoms. The molecule has 162 valence electrons. The van der Waals surface area contributed by atoms with E-state index >= 15 is 0 Å². The van der Waals surface area contributed by atoms with Crippen molar-refractivity contribution in [1.29, 1.82) is 0 Å². The maximum atomic E-state index is 10.7. The second-order valence-corrected chi connectivity index (χ2v) is 10.7. The van der Waals surface area contributed by atoms with E-state index in [0.29, 0.717) is 18.8 Å². The van der Waals surface area contributed by atoms with Crippen molar-refractivity contribution in [2.24, 2.45) is 23.2 Å². The first kappa shape index (κ1) is 20.9. The molecule has 5 fully saturated rings. The molecular formula is C20H34O8. The standard InChI is InChI=1S/C20H34O8/c1-17(2)10-7-12(17)19(5,13(21)8-10)28-25-16-15-11(18(3,4)27-24-15)9-14(22)20(16,6)26-23/h10-16,21-23H,7-9H2,1-6H3. The fraction of sp³-hybridized carbons (Fsp3) is 1.00. The second kappa shape index (κ2) is 6.34. The van der Waals surface area contributed by atoms with E-state index in [1.54, 1.807) is 6.92 Å². The fourth-order valence-electron chi connectivity index (χ4n) is 6.03. The summed E-state index contributed by atoms with van der Waals surface area (Å²) in [4.78, 5) is 27.5. The van der Waals surface area contributed by atoms with Gasteiger partial charge in [0.25, 0.3) is 0 Å². The van der Waals surface area contributed by atoms with Gasteiger partial charge in [0.05, 0.1) is 12.2 Å². The number of aliphatic hydroxyl groups excluding tert-OH is 2. The smallest absolute Gasteiger partial charge is 0.158 e. The Bertz CT molecular complexity index is 623. The Morgan fingerprint density at radius 2 is 1.54 bits per heavy atom. The molecule has 4 saturated carbocycles. The van der Waals surface area contributed by atoms with E-state index in [-0.39, 0.29) is 17.3 Å². The van der Waals surface area contributed by atoms with Crippen molar-refractivity contribution in [2.75, 3.05) is 0 Å². The first-order valence-corrected chi connectivity index (χ1v) is 10.3. The lowest BCUT2D eigenvalue weighted by atomic mass is 9.43. The lowest BCUT2D eigenvalue weighted by Crippen LogP contribution is -2.69. The third-order valence-corrected chi connectivity index (χ3v) is 8.53. The Balaban J connectivity index is 1.58. The van der Waals surface area contributed by atoms with E-state index in [2.05, 4.69) is 13.8 Å². The van der Waals surface area contributed by atoms with Gasteiger partial charge in [-0.2, -0.15) is 0 Å². The first-order valence-electron chi connectivity index (χ1n) is 10.3. The van der Waals surface area contributed by atoms with Gasteiger partial charge in [0.2, 0.25) is 0 Å². The number of fused-ring (bicyclic) bond motifs is 3. The van der Waals surface area contributed by atoms with Gasteiger partial charge in [-0.25, -0.2) is 24.4 Å². The Labute approximate surface area is 165 Å². The topological polar surface area (TPSA) is 107 Å². The van der Waals surface area contributed by atoms with Crippen LogP contribution in [-0.2, 0) is 24.4 Å². The molecule has 1 aliphatic heterocycles. The van der Waals surface area contributed by atoms with Gasteiger partial charge in [-0.3, -0.25) is 5.26 Å². The van der Waals surface area contributed by atoms with Crippen LogP contribution in [0, 0.1) is 23.2 Å². The Morgan fingerprint density at radius 1 is 0.893 bits per heavy atom. The molecule has 0 aromatic heterocycles. The van der Waals surface area contributed by atoms with Gasteiger partial charge < -0.3 is 10.2 Å². The van der Waals surface area contributed by atoms with Gasteiger partial charge in [-0.1, -0.05) is 13.8 Å². The molecule has 3 N–H and O–H groups in total. The number of hydrogen-bond acceptors (Lipinski definition) is 8. The molecule has 9 atom stereocenters. The summed E-state index contributed by atoms with van der Waals surface area (Å²) in [6.07, 6.45) is -1.25. The van der Waals surface area contributed by atoms with E-state index in [9.17, 15) is 15.5 Å². The molecule has 1 saturated heterocycles. The average molecular weight is 402 g/mol. The highest BCUT2D eigenvalue weighted by Gasteiger charge is 2.67. The number of hydrogen-bond donors (Lipinski definition) is 3. The van der Waals surface area contributed by atoms with Crippen molar-refractivity contribution in [1.82, 2.24) is 0 Å². The SMILES string of the molecule is CC1(C)OOC2C1CC(O)C(C)(OO)C2OOC1(C)C(O)CC2CC1C2(C)C. The van der Waals surface area contributed by atoms with E-state index < -0.39 is 41.2 Å². The molecule has 5 aliphatic rings. The third-order valence-electron chi connectivity index (χ3n) is 8.53. The molecule has 8 nitrogen and oxygen atoms in total. The lowest BCUT2D eigenvalue weighted by Gasteiger charge is -2.64. The van der Waals surface area contributed by atoms with Crippen molar-refractivity contribution in [3.63, 3.8) is 0 Å². The van der Waals surface area contributed by atoms with Crippen LogP contribution in [0.1, 0.15) is 60.8 Å². The lowest BCUT2D eigenvalue weighted by molar-refractivity contribution is -0.488. The van der Waals surface area contributed by atoms with Crippen molar-refractivity contribution in [3.8, 4) is 0 Å². The summed E-state index contributed by atoms with van der Waals surface area (Å²) in [7, 11) is 0. The minimum Gasteiger partial charge on any atom is -0.390 e. The second-order valence-electron chi connectivity index (χ2n) is 10.7. The first-order chi connectivity index (χ1) is 12.9. The highest BCUT2D eigenvalue weighted by atomic mass is 17.2. The Morgan fingerprint density at radius 3 is 2.14 bits per heavy atom. The van der Waals surface area contributed by atoms with Crippen LogP contribution in [0.3, 0.4) is 0 Å². The third kappa shape index (κ3) is 2.66. The fourth-order valence-corrected chi connectivity index (χ4v) is 6.03. The predicted molar refractivity (Wildman–Crippen MR) is 96.6 cm³/mol. The van der Waals surface area contributed by atoms with Crippen LogP contribution in [0.4, 0.5) is 0 Å². The van der Waals surface area contributed by atoms with Crippen LogP contribution in [0.2, 0.25) is 0 Å². The van der Waals surface area contributed by atoms with Gasteiger partial charge >= 0.3 is 0 Å². The van der Waals surface area contributed by atoms with Gasteiger partial charge in [-0.15, -0.1) is 0 Å². The molecule has 9 unspecified atom stereocenters. The van der Waals surface area contributed by atoms with Crippen LogP contribution in [0.5, 0.6) is 0 Å². The molecule has 4 aliphatic carbocycles. The quantitative estimate of drug-likeness (QED) is 0.485. The molecule has 0 amide bonds. The number of rotatable bonds is 4. The Hall–Kier alpha value is -0.320. The summed E-state index contributed by atoms with van der Waals surface area (Å²) in [5.74, 6) is 0.438. The highest BCUT2D eigenvalue weighted by Crippen LogP contribution is 2.64. The van der Waals surface area contributed by atoms with Crippen molar-refractivity contribution >= 4 is 0 Å². The van der Waals surface area contributed by atoms with Gasteiger partial charge in [-0.05, 0) is 64.2 Å². The summed E-state index contributed by atoms with van der Waals surface area (Å²) < 4.78 is 0. The molecule has 0 spiro atoms. The summed E-state index contributed by atoms with van der Waals surface area (Å²) in [6, 6.07) is 0. The zero-order chi connectivity index (χ0) is 20.7. The normalized spacial score (nSPS) is 54.1. The summed E-state index contributed by atoms with van der Waals surface area (Å²) in [5.41, 5.74) is -2.93. The molecule has 0 aromatic carbocycles. The summed E-state index contributed by atoms with van der Waals surface area (Å²) >= 11 is 0. The average Bonchev–Trinajstić information content (AvgIpc) is 2.91. The minimum atomic E-state index is -1.46. The van der Waals surface area contributed by atoms with Crippen LogP contribution < -0.4 is 0 Å². The van der Waals surface area contributed by atoms with Crippen LogP contribution >= 0.6 is 0 Å². The Kier molecular flexibility index (Phi) is 4.74. The van der Waals surface area contributed by atoms with Gasteiger partial charge in [0.15, 0.2) is 11.7 Å².